The van der Waals surface area contributed by atoms with Crippen molar-refractivity contribution in [1.82, 2.24) is 20.4 Å². The van der Waals surface area contributed by atoms with Crippen LogP contribution in [0.4, 0.5) is 5.95 Å². The molecule has 0 saturated carbocycles. The number of aromatic amines is 1. The molecule has 2 aromatic heterocycles. The van der Waals surface area contributed by atoms with Crippen LogP contribution in [0.15, 0.2) is 65.8 Å². The Kier molecular flexibility index (Phi) is 5.19. The van der Waals surface area contributed by atoms with E-state index in [0.29, 0.717) is 27.9 Å². The van der Waals surface area contributed by atoms with Crippen molar-refractivity contribution in [2.45, 2.75) is 0 Å². The van der Waals surface area contributed by atoms with Crippen molar-refractivity contribution in [2.75, 3.05) is 5.32 Å². The van der Waals surface area contributed by atoms with Gasteiger partial charge in [0.1, 0.15) is 11.2 Å². The second-order valence-electron chi connectivity index (χ2n) is 6.44. The maximum atomic E-state index is 12.7. The molecule has 9 heteroatoms. The van der Waals surface area contributed by atoms with Crippen LogP contribution in [0.5, 0.6) is 0 Å². The number of fused-ring (bicyclic) bond motifs is 1. The monoisotopic (exact) mass is 409 g/mol. The summed E-state index contributed by atoms with van der Waals surface area (Å²) in [7, 11) is 0. The van der Waals surface area contributed by atoms with Crippen LogP contribution in [-0.2, 0) is 0 Å². The summed E-state index contributed by atoms with van der Waals surface area (Å²) in [5, 5.41) is 15.1. The van der Waals surface area contributed by atoms with Gasteiger partial charge in [-0.05, 0) is 36.4 Å². The first-order valence-electron chi connectivity index (χ1n) is 9.13. The minimum atomic E-state index is -0.476. The first kappa shape index (κ1) is 19.5. The van der Waals surface area contributed by atoms with E-state index in [2.05, 4.69) is 43.6 Å². The lowest BCUT2D eigenvalue weighted by Gasteiger charge is -2.05. The molecule has 0 atom stereocenters. The lowest BCUT2D eigenvalue weighted by atomic mass is 10.1. The van der Waals surface area contributed by atoms with Crippen LogP contribution in [0.2, 0.25) is 0 Å². The van der Waals surface area contributed by atoms with Gasteiger partial charge in [-0.1, -0.05) is 24.3 Å². The zero-order valence-corrected chi connectivity index (χ0v) is 16.1. The fourth-order valence-electron chi connectivity index (χ4n) is 3.05. The Labute approximate surface area is 176 Å². The van der Waals surface area contributed by atoms with Gasteiger partial charge in [-0.25, -0.2) is 15.4 Å². The van der Waals surface area contributed by atoms with Gasteiger partial charge in [0, 0.05) is 12.3 Å². The van der Waals surface area contributed by atoms with E-state index >= 15 is 0 Å². The summed E-state index contributed by atoms with van der Waals surface area (Å²) < 4.78 is 0. The molecule has 0 unspecified atom stereocenters. The zero-order chi connectivity index (χ0) is 21.8. The topological polar surface area (TPSA) is 136 Å². The maximum absolute atomic E-state index is 12.7. The largest absolute Gasteiger partial charge is 0.324 e. The van der Waals surface area contributed by atoms with Crippen LogP contribution in [0.25, 0.3) is 22.3 Å². The number of pyridine rings is 1. The van der Waals surface area contributed by atoms with Gasteiger partial charge in [-0.15, -0.1) is 0 Å². The Balaban J connectivity index is 1.61. The number of hydrazone groups is 1. The van der Waals surface area contributed by atoms with Gasteiger partial charge in [0.25, 0.3) is 11.8 Å². The molecule has 3 N–H and O–H groups in total. The Morgan fingerprint density at radius 2 is 1.84 bits per heavy atom. The number of nitrogens with one attached hydrogen (secondary N) is 3. The molecule has 4 aromatic rings. The molecule has 2 amide bonds. The molecule has 150 valence electrons. The van der Waals surface area contributed by atoms with E-state index in [1.165, 1.54) is 0 Å². The SMILES string of the molecule is C=NNC(=O)c1cccc2[nH]c(NC(=O)c3cccc(-c4cccc(C#N)c4)n3)nc12. The van der Waals surface area contributed by atoms with Crippen molar-refractivity contribution in [3.63, 3.8) is 0 Å². The van der Waals surface area contributed by atoms with Crippen molar-refractivity contribution in [3.05, 3.63) is 77.5 Å². The molecule has 2 aromatic carbocycles. The van der Waals surface area contributed by atoms with Crippen molar-refractivity contribution in [2.24, 2.45) is 5.10 Å². The number of carbonyl (C=O) groups is 2. The van der Waals surface area contributed by atoms with Crippen LogP contribution in [0, 0.1) is 11.3 Å². The first-order chi connectivity index (χ1) is 15.1. The molecular weight excluding hydrogens is 394 g/mol. The van der Waals surface area contributed by atoms with Crippen LogP contribution in [-0.4, -0.2) is 33.5 Å². The highest BCUT2D eigenvalue weighted by atomic mass is 16.2. The van der Waals surface area contributed by atoms with Gasteiger partial charge in [-0.2, -0.15) is 10.4 Å². The molecule has 0 aliphatic heterocycles. The van der Waals surface area contributed by atoms with Crippen LogP contribution in [0.1, 0.15) is 26.4 Å². The molecule has 4 rings (SSSR count). The van der Waals surface area contributed by atoms with E-state index < -0.39 is 11.8 Å². The summed E-state index contributed by atoms with van der Waals surface area (Å²) in [5.74, 6) is -0.763. The number of benzene rings is 2. The number of hydrogen-bond donors (Lipinski definition) is 3. The standard InChI is InChI=1S/C22H15N7O2/c1-24-29-20(30)15-7-3-9-17-19(15)27-22(26-17)28-21(31)18-10-4-8-16(25-18)14-6-2-5-13(11-14)12-23/h2-11H,1H2,(H,29,30)(H2,26,27,28,31). The van der Waals surface area contributed by atoms with Gasteiger partial charge in [0.05, 0.1) is 28.4 Å². The van der Waals surface area contributed by atoms with E-state index in [1.807, 2.05) is 6.07 Å². The lowest BCUT2D eigenvalue weighted by Crippen LogP contribution is -2.17. The average molecular weight is 409 g/mol. The van der Waals surface area contributed by atoms with E-state index in [0.717, 1.165) is 5.56 Å². The molecule has 0 bridgehead atoms. The number of carbonyl (C=O) groups excluding carboxylic acids is 2. The second kappa shape index (κ2) is 8.26. The van der Waals surface area contributed by atoms with Crippen molar-refractivity contribution >= 4 is 35.5 Å². The normalized spacial score (nSPS) is 10.3. The zero-order valence-electron chi connectivity index (χ0n) is 16.1. The highest BCUT2D eigenvalue weighted by Gasteiger charge is 2.16. The number of imidazole rings is 1. The third-order valence-corrected chi connectivity index (χ3v) is 4.44. The molecule has 2 heterocycles. The van der Waals surface area contributed by atoms with Crippen LogP contribution in [0.3, 0.4) is 0 Å². The summed E-state index contributed by atoms with van der Waals surface area (Å²) in [4.78, 5) is 36.5. The number of rotatable bonds is 5. The molecule has 0 aliphatic carbocycles. The van der Waals surface area contributed by atoms with Crippen LogP contribution >= 0.6 is 0 Å². The number of hydrogen-bond acceptors (Lipinski definition) is 6. The summed E-state index contributed by atoms with van der Waals surface area (Å²) in [6, 6.07) is 19.1. The summed E-state index contributed by atoms with van der Waals surface area (Å²) >= 11 is 0. The molecular formula is C22H15N7O2. The minimum absolute atomic E-state index is 0.172. The van der Waals surface area contributed by atoms with Gasteiger partial charge >= 0.3 is 0 Å². The van der Waals surface area contributed by atoms with E-state index in [1.54, 1.807) is 54.6 Å². The third-order valence-electron chi connectivity index (χ3n) is 4.44. The Morgan fingerprint density at radius 1 is 1.03 bits per heavy atom. The van der Waals surface area contributed by atoms with Crippen molar-refractivity contribution in [3.8, 4) is 17.3 Å². The van der Waals surface area contributed by atoms with Crippen molar-refractivity contribution < 1.29 is 9.59 Å². The summed E-state index contributed by atoms with van der Waals surface area (Å²) in [6.07, 6.45) is 0. The highest BCUT2D eigenvalue weighted by molar-refractivity contribution is 6.07. The first-order valence-corrected chi connectivity index (χ1v) is 9.13. The number of nitrogens with zero attached hydrogens (tertiary/aromatic N) is 4. The number of anilines is 1. The van der Waals surface area contributed by atoms with E-state index in [-0.39, 0.29) is 11.6 Å². The number of aromatic nitrogens is 3. The quantitative estimate of drug-likeness (QED) is 0.344. The average Bonchev–Trinajstić information content (AvgIpc) is 3.21. The van der Waals surface area contributed by atoms with Gasteiger partial charge in [-0.3, -0.25) is 14.9 Å². The summed E-state index contributed by atoms with van der Waals surface area (Å²) in [6.45, 7) is 3.23. The molecule has 31 heavy (non-hydrogen) atoms. The fraction of sp³-hybridized carbons (Fsp3) is 0. The maximum Gasteiger partial charge on any atom is 0.276 e. The van der Waals surface area contributed by atoms with Gasteiger partial charge < -0.3 is 4.98 Å². The number of amides is 2. The minimum Gasteiger partial charge on any atom is -0.324 e. The van der Waals surface area contributed by atoms with E-state index in [4.69, 9.17) is 5.26 Å². The Bertz CT molecular complexity index is 1370. The predicted molar refractivity (Wildman–Crippen MR) is 115 cm³/mol. The Morgan fingerprint density at radius 3 is 2.65 bits per heavy atom. The fourth-order valence-corrected chi connectivity index (χ4v) is 3.05. The smallest absolute Gasteiger partial charge is 0.276 e. The molecule has 0 radical (unpaired) electrons. The van der Waals surface area contributed by atoms with Crippen molar-refractivity contribution in [1.29, 1.82) is 5.26 Å². The molecule has 0 saturated heterocycles. The molecule has 9 nitrogen and oxygen atoms in total. The lowest BCUT2D eigenvalue weighted by molar-refractivity contribution is 0.0956. The second-order valence-corrected chi connectivity index (χ2v) is 6.44. The third kappa shape index (κ3) is 3.99. The molecule has 0 fully saturated rings. The predicted octanol–water partition coefficient (Wildman–Crippen LogP) is 3.09. The number of nitriles is 1. The number of para-hydroxylation sites is 1. The van der Waals surface area contributed by atoms with Gasteiger partial charge in [0.15, 0.2) is 0 Å². The van der Waals surface area contributed by atoms with E-state index in [9.17, 15) is 9.59 Å². The number of H-pyrrole nitrogens is 1. The summed E-state index contributed by atoms with van der Waals surface area (Å²) in [5.41, 5.74) is 5.47. The Hall–Kier alpha value is -4.84. The molecule has 0 spiro atoms. The molecule has 0 aliphatic rings. The van der Waals surface area contributed by atoms with Gasteiger partial charge in [0.2, 0.25) is 5.95 Å². The van der Waals surface area contributed by atoms with Crippen LogP contribution < -0.4 is 10.7 Å². The highest BCUT2D eigenvalue weighted by Crippen LogP contribution is 2.21.